The molecule has 0 bridgehead atoms. The monoisotopic (exact) mass is 194 g/mol. The predicted molar refractivity (Wildman–Crippen MR) is 45.3 cm³/mol. The molecule has 1 aliphatic carbocycles. The zero-order valence-corrected chi connectivity index (χ0v) is 7.51. The summed E-state index contributed by atoms with van der Waals surface area (Å²) in [6, 6.07) is 0.234. The molecule has 1 unspecified atom stereocenters. The summed E-state index contributed by atoms with van der Waals surface area (Å²) < 4.78 is 28.1. The minimum atomic E-state index is -2.37. The summed E-state index contributed by atoms with van der Waals surface area (Å²) in [5.74, 6) is 5.93. The van der Waals surface area contributed by atoms with E-state index in [-0.39, 0.29) is 6.04 Å². The maximum absolute atomic E-state index is 11.6. The van der Waals surface area contributed by atoms with Gasteiger partial charge in [0.05, 0.1) is 0 Å². The fraction of sp³-hybridized carbons (Fsp3) is 1.00. The van der Waals surface area contributed by atoms with Crippen LogP contribution in [0.5, 0.6) is 0 Å². The van der Waals surface area contributed by atoms with Gasteiger partial charge in [0.1, 0.15) is 6.61 Å². The van der Waals surface area contributed by atoms with Crippen molar-refractivity contribution in [3.8, 4) is 0 Å². The Balaban J connectivity index is 1.96. The highest BCUT2D eigenvalue weighted by atomic mass is 19.3. The minimum absolute atomic E-state index is 0.234. The van der Waals surface area contributed by atoms with Gasteiger partial charge in [0.25, 0.3) is 6.43 Å². The highest BCUT2D eigenvalue weighted by molar-refractivity contribution is 4.84. The molecule has 0 spiro atoms. The Kier molecular flexibility index (Phi) is 4.55. The van der Waals surface area contributed by atoms with Crippen molar-refractivity contribution in [3.05, 3.63) is 0 Å². The first-order valence-electron chi connectivity index (χ1n) is 4.56. The lowest BCUT2D eigenvalue weighted by molar-refractivity contribution is 0.0139. The second-order valence-electron chi connectivity index (χ2n) is 3.37. The summed E-state index contributed by atoms with van der Waals surface area (Å²) in [5.41, 5.74) is 2.68. The van der Waals surface area contributed by atoms with Crippen molar-refractivity contribution in [2.24, 2.45) is 11.8 Å². The second-order valence-corrected chi connectivity index (χ2v) is 3.37. The molecule has 1 fully saturated rings. The zero-order valence-electron chi connectivity index (χ0n) is 7.51. The van der Waals surface area contributed by atoms with Crippen LogP contribution < -0.4 is 11.3 Å². The number of nitrogens with one attached hydrogen (secondary N) is 1. The van der Waals surface area contributed by atoms with Crippen LogP contribution >= 0.6 is 0 Å². The fourth-order valence-corrected chi connectivity index (χ4v) is 1.34. The van der Waals surface area contributed by atoms with E-state index in [0.29, 0.717) is 18.9 Å². The van der Waals surface area contributed by atoms with Gasteiger partial charge in [0.15, 0.2) is 0 Å². The molecule has 5 heteroatoms. The highest BCUT2D eigenvalue weighted by Crippen LogP contribution is 2.33. The molecule has 1 rings (SSSR count). The number of alkyl halides is 2. The van der Waals surface area contributed by atoms with Crippen LogP contribution in [0.2, 0.25) is 0 Å². The van der Waals surface area contributed by atoms with Crippen molar-refractivity contribution in [1.29, 1.82) is 0 Å². The summed E-state index contributed by atoms with van der Waals surface area (Å²) in [4.78, 5) is 0. The van der Waals surface area contributed by atoms with E-state index in [9.17, 15) is 8.78 Å². The lowest BCUT2D eigenvalue weighted by Gasteiger charge is -2.14. The van der Waals surface area contributed by atoms with Gasteiger partial charge < -0.3 is 4.74 Å². The van der Waals surface area contributed by atoms with Gasteiger partial charge in [0, 0.05) is 12.6 Å². The number of rotatable bonds is 7. The third-order valence-electron chi connectivity index (χ3n) is 2.22. The molecule has 1 saturated carbocycles. The number of halogens is 2. The Morgan fingerprint density at radius 2 is 2.15 bits per heavy atom. The smallest absolute Gasteiger partial charge is 0.261 e. The van der Waals surface area contributed by atoms with E-state index in [1.165, 1.54) is 12.8 Å². The van der Waals surface area contributed by atoms with E-state index in [1.54, 1.807) is 0 Å². The Bertz CT molecular complexity index is 142. The molecule has 0 saturated heterocycles. The third kappa shape index (κ3) is 4.50. The van der Waals surface area contributed by atoms with E-state index in [1.807, 2.05) is 0 Å². The summed E-state index contributed by atoms with van der Waals surface area (Å²) in [5, 5.41) is 0. The van der Waals surface area contributed by atoms with Gasteiger partial charge in [-0.3, -0.25) is 11.3 Å². The number of hydrogen-bond acceptors (Lipinski definition) is 3. The van der Waals surface area contributed by atoms with E-state index in [2.05, 4.69) is 5.43 Å². The molecule has 78 valence electrons. The Labute approximate surface area is 76.6 Å². The second kappa shape index (κ2) is 5.47. The van der Waals surface area contributed by atoms with Crippen molar-refractivity contribution in [1.82, 2.24) is 5.43 Å². The molecule has 1 atom stereocenters. The van der Waals surface area contributed by atoms with Crippen molar-refractivity contribution in [3.63, 3.8) is 0 Å². The maximum atomic E-state index is 11.6. The van der Waals surface area contributed by atoms with E-state index < -0.39 is 13.0 Å². The summed E-state index contributed by atoms with van der Waals surface area (Å²) in [6.45, 7) is -0.113. The highest BCUT2D eigenvalue weighted by Gasteiger charge is 2.29. The summed E-state index contributed by atoms with van der Waals surface area (Å²) >= 11 is 0. The maximum Gasteiger partial charge on any atom is 0.261 e. The average molecular weight is 194 g/mol. The third-order valence-corrected chi connectivity index (χ3v) is 2.22. The molecule has 0 aliphatic heterocycles. The summed E-state index contributed by atoms with van der Waals surface area (Å²) in [7, 11) is 0. The molecule has 0 radical (unpaired) electrons. The quantitative estimate of drug-likeness (QED) is 0.359. The van der Waals surface area contributed by atoms with Crippen molar-refractivity contribution < 1.29 is 13.5 Å². The Morgan fingerprint density at radius 3 is 2.62 bits per heavy atom. The van der Waals surface area contributed by atoms with E-state index in [4.69, 9.17) is 10.6 Å². The average Bonchev–Trinajstić information content (AvgIpc) is 2.87. The Morgan fingerprint density at radius 1 is 1.46 bits per heavy atom. The van der Waals surface area contributed by atoms with Crippen LogP contribution in [-0.2, 0) is 4.74 Å². The standard InChI is InChI=1S/C8H16F2N2O/c9-8(10)5-13-4-3-7(12-11)6-1-2-6/h6-8,12H,1-5,11H2. The van der Waals surface area contributed by atoms with Crippen molar-refractivity contribution >= 4 is 0 Å². The number of nitrogens with two attached hydrogens (primary N) is 1. The van der Waals surface area contributed by atoms with Crippen LogP contribution in [0, 0.1) is 5.92 Å². The lowest BCUT2D eigenvalue weighted by Crippen LogP contribution is -2.37. The SMILES string of the molecule is NNC(CCOCC(F)F)C1CC1. The van der Waals surface area contributed by atoms with Gasteiger partial charge in [0.2, 0.25) is 0 Å². The largest absolute Gasteiger partial charge is 0.375 e. The molecule has 0 amide bonds. The van der Waals surface area contributed by atoms with E-state index >= 15 is 0 Å². The number of ether oxygens (including phenoxy) is 1. The molecular weight excluding hydrogens is 178 g/mol. The van der Waals surface area contributed by atoms with Crippen LogP contribution in [-0.4, -0.2) is 25.7 Å². The fourth-order valence-electron chi connectivity index (χ4n) is 1.34. The molecule has 3 N–H and O–H groups in total. The van der Waals surface area contributed by atoms with Gasteiger partial charge in [-0.1, -0.05) is 0 Å². The van der Waals surface area contributed by atoms with Gasteiger partial charge in [-0.15, -0.1) is 0 Å². The topological polar surface area (TPSA) is 47.3 Å². The number of hydrazine groups is 1. The summed E-state index contributed by atoms with van der Waals surface area (Å²) in [6.07, 6.45) is 0.714. The van der Waals surface area contributed by atoms with Gasteiger partial charge >= 0.3 is 0 Å². The molecule has 0 aromatic carbocycles. The van der Waals surface area contributed by atoms with Crippen LogP contribution in [0.15, 0.2) is 0 Å². The molecular formula is C8H16F2N2O. The molecule has 0 aromatic heterocycles. The van der Waals surface area contributed by atoms with Gasteiger partial charge in [-0.25, -0.2) is 8.78 Å². The van der Waals surface area contributed by atoms with Crippen LogP contribution in [0.3, 0.4) is 0 Å². The van der Waals surface area contributed by atoms with Crippen molar-refractivity contribution in [2.45, 2.75) is 31.7 Å². The first-order chi connectivity index (χ1) is 6.24. The first kappa shape index (κ1) is 10.8. The zero-order chi connectivity index (χ0) is 9.68. The van der Waals surface area contributed by atoms with Crippen LogP contribution in [0.4, 0.5) is 8.78 Å². The molecule has 13 heavy (non-hydrogen) atoms. The Hall–Kier alpha value is -0.260. The molecule has 3 nitrogen and oxygen atoms in total. The predicted octanol–water partition coefficient (Wildman–Crippen LogP) is 0.900. The van der Waals surface area contributed by atoms with Crippen LogP contribution in [0.1, 0.15) is 19.3 Å². The van der Waals surface area contributed by atoms with Crippen LogP contribution in [0.25, 0.3) is 0 Å². The molecule has 1 aliphatic rings. The number of hydrogen-bond donors (Lipinski definition) is 2. The first-order valence-corrected chi connectivity index (χ1v) is 4.56. The molecule has 0 aromatic rings. The lowest BCUT2D eigenvalue weighted by atomic mass is 10.1. The minimum Gasteiger partial charge on any atom is -0.375 e. The van der Waals surface area contributed by atoms with Gasteiger partial charge in [-0.05, 0) is 25.2 Å². The normalized spacial score (nSPS) is 19.4. The van der Waals surface area contributed by atoms with Gasteiger partial charge in [-0.2, -0.15) is 0 Å². The van der Waals surface area contributed by atoms with Crippen molar-refractivity contribution in [2.75, 3.05) is 13.2 Å². The van der Waals surface area contributed by atoms with E-state index in [0.717, 1.165) is 0 Å². The molecule has 0 heterocycles.